The summed E-state index contributed by atoms with van der Waals surface area (Å²) >= 11 is 7.03. The first-order valence-corrected chi connectivity index (χ1v) is 5.78. The highest BCUT2D eigenvalue weighted by molar-refractivity contribution is 7.99. The lowest BCUT2D eigenvalue weighted by atomic mass is 10.5. The molecule has 3 N–H and O–H groups in total. The van der Waals surface area contributed by atoms with Gasteiger partial charge in [0, 0.05) is 11.8 Å². The molecule has 88 valence electrons. The lowest BCUT2D eigenvalue weighted by Gasteiger charge is -2.03. The minimum Gasteiger partial charge on any atom is -0.368 e. The van der Waals surface area contributed by atoms with Crippen LogP contribution in [0.15, 0.2) is 27.2 Å². The zero-order chi connectivity index (χ0) is 12.4. The average molecular weight is 270 g/mol. The molecule has 8 heteroatoms. The summed E-state index contributed by atoms with van der Waals surface area (Å²) in [6.45, 7) is 1.73. The smallest absolute Gasteiger partial charge is 0.251 e. The Bertz CT molecular complexity index is 615. The van der Waals surface area contributed by atoms with Crippen LogP contribution in [0.5, 0.6) is 0 Å². The number of halogens is 1. The van der Waals surface area contributed by atoms with Gasteiger partial charge in [0.15, 0.2) is 5.16 Å². The molecule has 0 aliphatic carbocycles. The highest BCUT2D eigenvalue weighted by atomic mass is 35.5. The average Bonchev–Trinajstić information content (AvgIpc) is 2.22. The monoisotopic (exact) mass is 269 g/mol. The Morgan fingerprint density at radius 2 is 2.24 bits per heavy atom. The van der Waals surface area contributed by atoms with E-state index in [1.165, 1.54) is 12.3 Å². The van der Waals surface area contributed by atoms with Gasteiger partial charge in [-0.2, -0.15) is 0 Å². The van der Waals surface area contributed by atoms with Gasteiger partial charge in [-0.25, -0.2) is 15.0 Å². The SMILES string of the molecule is Cc1cc(=O)[nH]c(Sc2nc(N)ncc2Cl)n1. The molecule has 0 aliphatic rings. The van der Waals surface area contributed by atoms with E-state index in [1.807, 2.05) is 0 Å². The third-order valence-electron chi connectivity index (χ3n) is 1.77. The van der Waals surface area contributed by atoms with Crippen LogP contribution < -0.4 is 11.3 Å². The Labute approximate surface area is 106 Å². The zero-order valence-corrected chi connectivity index (χ0v) is 10.3. The molecule has 2 rings (SSSR count). The molecule has 0 saturated heterocycles. The third-order valence-corrected chi connectivity index (χ3v) is 3.05. The first kappa shape index (κ1) is 11.9. The summed E-state index contributed by atoms with van der Waals surface area (Å²) in [5, 5.41) is 1.22. The second-order valence-electron chi connectivity index (χ2n) is 3.18. The van der Waals surface area contributed by atoms with E-state index >= 15 is 0 Å². The van der Waals surface area contributed by atoms with Gasteiger partial charge in [0.2, 0.25) is 5.95 Å². The number of aromatic amines is 1. The quantitative estimate of drug-likeness (QED) is 0.629. The van der Waals surface area contributed by atoms with Gasteiger partial charge in [-0.3, -0.25) is 4.79 Å². The fourth-order valence-electron chi connectivity index (χ4n) is 1.13. The molecule has 2 heterocycles. The number of nitrogens with zero attached hydrogens (tertiary/aromatic N) is 3. The molecular formula is C9H8ClN5OS. The van der Waals surface area contributed by atoms with Crippen molar-refractivity contribution in [2.45, 2.75) is 17.1 Å². The number of anilines is 1. The molecule has 0 fully saturated rings. The van der Waals surface area contributed by atoms with E-state index in [9.17, 15) is 4.79 Å². The Morgan fingerprint density at radius 1 is 1.47 bits per heavy atom. The fraction of sp³-hybridized carbons (Fsp3) is 0.111. The topological polar surface area (TPSA) is 97.5 Å². The van der Waals surface area contributed by atoms with Crippen LogP contribution in [0.1, 0.15) is 5.69 Å². The summed E-state index contributed by atoms with van der Waals surface area (Å²) in [6.07, 6.45) is 1.40. The van der Waals surface area contributed by atoms with Crippen molar-refractivity contribution in [2.75, 3.05) is 5.73 Å². The Kier molecular flexibility index (Phi) is 3.30. The standard InChI is InChI=1S/C9H8ClN5OS/c1-4-2-6(16)14-9(13-4)17-7-5(10)3-12-8(11)15-7/h2-3H,1H3,(H2,11,12,15)(H,13,14,16). The number of nitrogens with one attached hydrogen (secondary N) is 1. The molecule has 0 aliphatic heterocycles. The van der Waals surface area contributed by atoms with Gasteiger partial charge in [-0.1, -0.05) is 11.6 Å². The third kappa shape index (κ3) is 2.95. The highest BCUT2D eigenvalue weighted by Crippen LogP contribution is 2.28. The second kappa shape index (κ2) is 4.72. The first-order valence-electron chi connectivity index (χ1n) is 4.58. The lowest BCUT2D eigenvalue weighted by molar-refractivity contribution is 0.901. The molecule has 6 nitrogen and oxygen atoms in total. The molecule has 2 aromatic rings. The van der Waals surface area contributed by atoms with Crippen molar-refractivity contribution in [1.29, 1.82) is 0 Å². The van der Waals surface area contributed by atoms with E-state index in [1.54, 1.807) is 6.92 Å². The number of hydrogen-bond donors (Lipinski definition) is 2. The largest absolute Gasteiger partial charge is 0.368 e. The maximum atomic E-state index is 11.3. The molecule has 0 bridgehead atoms. The zero-order valence-electron chi connectivity index (χ0n) is 8.77. The van der Waals surface area contributed by atoms with E-state index in [4.69, 9.17) is 17.3 Å². The number of rotatable bonds is 2. The van der Waals surface area contributed by atoms with E-state index < -0.39 is 0 Å². The van der Waals surface area contributed by atoms with Gasteiger partial charge in [-0.05, 0) is 18.7 Å². The summed E-state index contributed by atoms with van der Waals surface area (Å²) in [5.74, 6) is 0.118. The Hall–Kier alpha value is -1.60. The van der Waals surface area contributed by atoms with Crippen LogP contribution in [0.2, 0.25) is 5.02 Å². The van der Waals surface area contributed by atoms with Crippen molar-refractivity contribution in [3.05, 3.63) is 33.3 Å². The Balaban J connectivity index is 2.37. The molecule has 0 atom stereocenters. The summed E-state index contributed by atoms with van der Waals surface area (Å²) in [6, 6.07) is 1.40. The summed E-state index contributed by atoms with van der Waals surface area (Å²) in [4.78, 5) is 25.7. The molecule has 0 amide bonds. The normalized spacial score (nSPS) is 10.5. The van der Waals surface area contributed by atoms with Crippen LogP contribution in [0.3, 0.4) is 0 Å². The summed E-state index contributed by atoms with van der Waals surface area (Å²) in [5.41, 5.74) is 5.85. The molecule has 0 aromatic carbocycles. The summed E-state index contributed by atoms with van der Waals surface area (Å²) < 4.78 is 0. The minimum absolute atomic E-state index is 0.118. The van der Waals surface area contributed by atoms with E-state index in [2.05, 4.69) is 19.9 Å². The van der Waals surface area contributed by atoms with E-state index in [-0.39, 0.29) is 11.5 Å². The van der Waals surface area contributed by atoms with Crippen LogP contribution >= 0.6 is 23.4 Å². The summed E-state index contributed by atoms with van der Waals surface area (Å²) in [7, 11) is 0. The van der Waals surface area contributed by atoms with Gasteiger partial charge >= 0.3 is 0 Å². The highest BCUT2D eigenvalue weighted by Gasteiger charge is 2.08. The number of aromatic nitrogens is 4. The van der Waals surface area contributed by atoms with E-state index in [0.29, 0.717) is 20.9 Å². The van der Waals surface area contributed by atoms with Crippen molar-refractivity contribution in [2.24, 2.45) is 0 Å². The van der Waals surface area contributed by atoms with Crippen LogP contribution in [0.25, 0.3) is 0 Å². The van der Waals surface area contributed by atoms with Gasteiger partial charge in [-0.15, -0.1) is 0 Å². The molecular weight excluding hydrogens is 262 g/mol. The Morgan fingerprint density at radius 3 is 2.94 bits per heavy atom. The molecule has 0 radical (unpaired) electrons. The molecule has 0 unspecified atom stereocenters. The van der Waals surface area contributed by atoms with Crippen LogP contribution in [0.4, 0.5) is 5.95 Å². The van der Waals surface area contributed by atoms with Gasteiger partial charge in [0.05, 0.1) is 11.2 Å². The maximum absolute atomic E-state index is 11.3. The van der Waals surface area contributed by atoms with Gasteiger partial charge < -0.3 is 10.7 Å². The second-order valence-corrected chi connectivity index (χ2v) is 4.56. The minimum atomic E-state index is -0.224. The van der Waals surface area contributed by atoms with Gasteiger partial charge in [0.1, 0.15) is 5.03 Å². The number of nitrogens with two attached hydrogens (primary N) is 1. The molecule has 2 aromatic heterocycles. The van der Waals surface area contributed by atoms with Crippen LogP contribution in [-0.2, 0) is 0 Å². The maximum Gasteiger partial charge on any atom is 0.251 e. The van der Waals surface area contributed by atoms with Gasteiger partial charge in [0.25, 0.3) is 5.56 Å². The lowest BCUT2D eigenvalue weighted by Crippen LogP contribution is -2.08. The molecule has 17 heavy (non-hydrogen) atoms. The van der Waals surface area contributed by atoms with Crippen molar-refractivity contribution in [3.63, 3.8) is 0 Å². The number of aryl methyl sites for hydroxylation is 1. The van der Waals surface area contributed by atoms with Crippen molar-refractivity contribution in [1.82, 2.24) is 19.9 Å². The van der Waals surface area contributed by atoms with Crippen molar-refractivity contribution >= 4 is 29.3 Å². The predicted molar refractivity (Wildman–Crippen MR) is 65.2 cm³/mol. The predicted octanol–water partition coefficient (Wildman–Crippen LogP) is 1.26. The number of H-pyrrole nitrogens is 1. The van der Waals surface area contributed by atoms with Crippen molar-refractivity contribution in [3.8, 4) is 0 Å². The fourth-order valence-corrected chi connectivity index (χ4v) is 2.15. The van der Waals surface area contributed by atoms with Crippen molar-refractivity contribution < 1.29 is 0 Å². The molecule has 0 spiro atoms. The molecule has 0 saturated carbocycles. The van der Waals surface area contributed by atoms with Crippen LogP contribution in [0, 0.1) is 6.92 Å². The number of hydrogen-bond acceptors (Lipinski definition) is 6. The van der Waals surface area contributed by atoms with Crippen LogP contribution in [-0.4, -0.2) is 19.9 Å². The van der Waals surface area contributed by atoms with E-state index in [0.717, 1.165) is 11.8 Å². The number of nitrogen functional groups attached to an aromatic ring is 1. The first-order chi connectivity index (χ1) is 8.04.